The molecule has 1 aliphatic heterocycles. The minimum absolute atomic E-state index is 0.513. The monoisotopic (exact) mass is 297 g/mol. The first kappa shape index (κ1) is 13.9. The molecule has 0 aliphatic carbocycles. The topological polar surface area (TPSA) is 39.1 Å². The predicted molar refractivity (Wildman–Crippen MR) is 70.4 cm³/mol. The SMILES string of the molecule is FC(F)(F)c1ccc(-n2cc(OCC3CNC3)cn2)cc1. The van der Waals surface area contributed by atoms with E-state index in [0.29, 0.717) is 24.0 Å². The first-order valence-electron chi connectivity index (χ1n) is 6.58. The molecule has 2 aromatic rings. The van der Waals surface area contributed by atoms with Gasteiger partial charge in [-0.3, -0.25) is 0 Å². The van der Waals surface area contributed by atoms with Crippen molar-refractivity contribution in [3.8, 4) is 11.4 Å². The average Bonchev–Trinajstić information content (AvgIpc) is 2.85. The molecule has 1 N–H and O–H groups in total. The zero-order valence-corrected chi connectivity index (χ0v) is 11.1. The predicted octanol–water partition coefficient (Wildman–Crippen LogP) is 2.49. The van der Waals surface area contributed by atoms with Crippen LogP contribution in [0.2, 0.25) is 0 Å². The Kier molecular flexibility index (Phi) is 3.59. The number of benzene rings is 1. The molecule has 112 valence electrons. The summed E-state index contributed by atoms with van der Waals surface area (Å²) in [5.41, 5.74) is -0.115. The second kappa shape index (κ2) is 5.40. The Morgan fingerprint density at radius 3 is 2.52 bits per heavy atom. The Bertz CT molecular complexity index is 603. The van der Waals surface area contributed by atoms with Crippen LogP contribution in [-0.2, 0) is 6.18 Å². The maximum atomic E-state index is 12.5. The van der Waals surface area contributed by atoms with E-state index in [-0.39, 0.29) is 0 Å². The van der Waals surface area contributed by atoms with Gasteiger partial charge < -0.3 is 10.1 Å². The van der Waals surface area contributed by atoms with Crippen LogP contribution in [0.4, 0.5) is 13.2 Å². The van der Waals surface area contributed by atoms with E-state index in [1.54, 1.807) is 12.4 Å². The Hall–Kier alpha value is -2.02. The van der Waals surface area contributed by atoms with Crippen molar-refractivity contribution >= 4 is 0 Å². The summed E-state index contributed by atoms with van der Waals surface area (Å²) >= 11 is 0. The van der Waals surface area contributed by atoms with Crippen LogP contribution in [0.1, 0.15) is 5.56 Å². The van der Waals surface area contributed by atoms with Crippen LogP contribution in [-0.4, -0.2) is 29.5 Å². The second-order valence-electron chi connectivity index (χ2n) is 5.00. The molecule has 1 saturated heterocycles. The average molecular weight is 297 g/mol. The molecule has 0 unspecified atom stereocenters. The van der Waals surface area contributed by atoms with Crippen molar-refractivity contribution in [3.05, 3.63) is 42.2 Å². The molecule has 4 nitrogen and oxygen atoms in total. The Balaban J connectivity index is 1.67. The second-order valence-corrected chi connectivity index (χ2v) is 5.00. The first-order valence-corrected chi connectivity index (χ1v) is 6.58. The summed E-state index contributed by atoms with van der Waals surface area (Å²) in [5.74, 6) is 1.13. The maximum Gasteiger partial charge on any atom is 0.416 e. The quantitative estimate of drug-likeness (QED) is 0.942. The number of nitrogens with one attached hydrogen (secondary N) is 1. The lowest BCUT2D eigenvalue weighted by Gasteiger charge is -2.26. The summed E-state index contributed by atoms with van der Waals surface area (Å²) in [5, 5.41) is 7.25. The number of aromatic nitrogens is 2. The van der Waals surface area contributed by atoms with Gasteiger partial charge in [-0.05, 0) is 24.3 Å². The van der Waals surface area contributed by atoms with Crippen LogP contribution in [0.3, 0.4) is 0 Å². The third-order valence-electron chi connectivity index (χ3n) is 3.37. The summed E-state index contributed by atoms with van der Waals surface area (Å²) in [6, 6.07) is 4.85. The number of rotatable bonds is 4. The fraction of sp³-hybridized carbons (Fsp3) is 0.357. The highest BCUT2D eigenvalue weighted by molar-refractivity contribution is 5.36. The Labute approximate surface area is 119 Å². The molecule has 0 saturated carbocycles. The molecule has 1 aliphatic rings. The maximum absolute atomic E-state index is 12.5. The highest BCUT2D eigenvalue weighted by atomic mass is 19.4. The van der Waals surface area contributed by atoms with E-state index in [2.05, 4.69) is 10.4 Å². The lowest BCUT2D eigenvalue weighted by atomic mass is 10.1. The molecule has 0 radical (unpaired) electrons. The molecule has 7 heteroatoms. The molecular formula is C14H14F3N3O. The van der Waals surface area contributed by atoms with Gasteiger partial charge in [-0.25, -0.2) is 4.68 Å². The van der Waals surface area contributed by atoms with Gasteiger partial charge in [0.2, 0.25) is 0 Å². The van der Waals surface area contributed by atoms with Crippen molar-refractivity contribution in [2.75, 3.05) is 19.7 Å². The van der Waals surface area contributed by atoms with Gasteiger partial charge in [0.1, 0.15) is 0 Å². The minimum atomic E-state index is -4.33. The summed E-state index contributed by atoms with van der Waals surface area (Å²) in [6.07, 6.45) is -1.10. The third-order valence-corrected chi connectivity index (χ3v) is 3.37. The van der Waals surface area contributed by atoms with Crippen molar-refractivity contribution in [2.45, 2.75) is 6.18 Å². The Morgan fingerprint density at radius 2 is 1.95 bits per heavy atom. The molecule has 2 heterocycles. The van der Waals surface area contributed by atoms with Gasteiger partial charge in [0, 0.05) is 19.0 Å². The highest BCUT2D eigenvalue weighted by Crippen LogP contribution is 2.29. The van der Waals surface area contributed by atoms with Crippen molar-refractivity contribution in [1.82, 2.24) is 15.1 Å². The Morgan fingerprint density at radius 1 is 1.24 bits per heavy atom. The van der Waals surface area contributed by atoms with Gasteiger partial charge in [-0.2, -0.15) is 18.3 Å². The molecule has 3 rings (SSSR count). The molecule has 0 atom stereocenters. The van der Waals surface area contributed by atoms with Crippen molar-refractivity contribution in [2.24, 2.45) is 5.92 Å². The normalized spacial score (nSPS) is 15.8. The summed E-state index contributed by atoms with van der Waals surface area (Å²) < 4.78 is 44.6. The van der Waals surface area contributed by atoms with Crippen molar-refractivity contribution in [3.63, 3.8) is 0 Å². The fourth-order valence-corrected chi connectivity index (χ4v) is 2.01. The molecule has 1 aromatic carbocycles. The van der Waals surface area contributed by atoms with Gasteiger partial charge >= 0.3 is 6.18 Å². The fourth-order valence-electron chi connectivity index (χ4n) is 2.01. The smallest absolute Gasteiger partial charge is 0.416 e. The molecule has 1 aromatic heterocycles. The number of hydrogen-bond donors (Lipinski definition) is 1. The van der Waals surface area contributed by atoms with Crippen LogP contribution in [0.15, 0.2) is 36.7 Å². The van der Waals surface area contributed by atoms with E-state index in [4.69, 9.17) is 4.74 Å². The molecule has 1 fully saturated rings. The van der Waals surface area contributed by atoms with E-state index in [0.717, 1.165) is 25.2 Å². The summed E-state index contributed by atoms with van der Waals surface area (Å²) in [6.45, 7) is 2.52. The highest BCUT2D eigenvalue weighted by Gasteiger charge is 2.30. The van der Waals surface area contributed by atoms with E-state index >= 15 is 0 Å². The molecule has 0 amide bonds. The standard InChI is InChI=1S/C14H14F3N3O/c15-14(16,17)11-1-3-12(4-2-11)20-8-13(7-19-20)21-9-10-5-18-6-10/h1-4,7-8,10,18H,5-6,9H2. The van der Waals surface area contributed by atoms with Crippen LogP contribution in [0, 0.1) is 5.92 Å². The first-order chi connectivity index (χ1) is 10.0. The van der Waals surface area contributed by atoms with E-state index in [9.17, 15) is 13.2 Å². The van der Waals surface area contributed by atoms with Gasteiger partial charge in [0.15, 0.2) is 5.75 Å². The van der Waals surface area contributed by atoms with Crippen molar-refractivity contribution < 1.29 is 17.9 Å². The molecular weight excluding hydrogens is 283 g/mol. The lowest BCUT2D eigenvalue weighted by molar-refractivity contribution is -0.137. The van der Waals surface area contributed by atoms with E-state index in [1.807, 2.05) is 0 Å². The minimum Gasteiger partial charge on any atom is -0.490 e. The summed E-state index contributed by atoms with van der Waals surface area (Å²) in [7, 11) is 0. The number of ether oxygens (including phenoxy) is 1. The molecule has 21 heavy (non-hydrogen) atoms. The van der Waals surface area contributed by atoms with Gasteiger partial charge in [0.05, 0.1) is 30.3 Å². The number of nitrogens with zero attached hydrogens (tertiary/aromatic N) is 2. The van der Waals surface area contributed by atoms with E-state index in [1.165, 1.54) is 16.8 Å². The number of alkyl halides is 3. The van der Waals surface area contributed by atoms with Gasteiger partial charge in [-0.1, -0.05) is 0 Å². The van der Waals surface area contributed by atoms with Crippen LogP contribution < -0.4 is 10.1 Å². The summed E-state index contributed by atoms with van der Waals surface area (Å²) in [4.78, 5) is 0. The molecule has 0 bridgehead atoms. The zero-order valence-electron chi connectivity index (χ0n) is 11.1. The largest absolute Gasteiger partial charge is 0.490 e. The van der Waals surface area contributed by atoms with Crippen molar-refractivity contribution in [1.29, 1.82) is 0 Å². The van der Waals surface area contributed by atoms with Crippen LogP contribution in [0.25, 0.3) is 5.69 Å². The van der Waals surface area contributed by atoms with Gasteiger partial charge in [-0.15, -0.1) is 0 Å². The van der Waals surface area contributed by atoms with Crippen LogP contribution in [0.5, 0.6) is 5.75 Å². The molecule has 0 spiro atoms. The number of halogens is 3. The number of hydrogen-bond acceptors (Lipinski definition) is 3. The van der Waals surface area contributed by atoms with E-state index < -0.39 is 11.7 Å². The van der Waals surface area contributed by atoms with Gasteiger partial charge in [0.25, 0.3) is 0 Å². The van der Waals surface area contributed by atoms with Crippen LogP contribution >= 0.6 is 0 Å². The third kappa shape index (κ3) is 3.18. The zero-order chi connectivity index (χ0) is 14.9. The lowest BCUT2D eigenvalue weighted by Crippen LogP contribution is -2.45.